The number of likely N-dealkylation sites (tertiary alicyclic amines) is 1. The van der Waals surface area contributed by atoms with E-state index >= 15 is 0 Å². The van der Waals surface area contributed by atoms with E-state index in [2.05, 4.69) is 0 Å². The molecule has 1 fully saturated rings. The smallest absolute Gasteiger partial charge is 0.410 e. The molecular formula is C13H13F2NO3. The van der Waals surface area contributed by atoms with Crippen molar-refractivity contribution >= 4 is 12.1 Å². The standard InChI is InChI=1S/C13H13F2NO3/c14-10-6-11(12(15)17)16(7-10)13(18)19-8-9-4-2-1-3-5-9/h1-5,10-11H,6-8H2/t10-,11-/m1/s1. The van der Waals surface area contributed by atoms with Crippen molar-refractivity contribution in [1.82, 2.24) is 4.90 Å². The summed E-state index contributed by atoms with van der Waals surface area (Å²) in [6, 6.07) is 5.82. The Hall–Kier alpha value is -1.98. The maximum Gasteiger partial charge on any atom is 0.410 e. The molecule has 1 aromatic carbocycles. The number of ether oxygens (including phenoxy) is 1. The summed E-state index contributed by atoms with van der Waals surface area (Å²) in [6.07, 6.45) is -2.58. The van der Waals surface area contributed by atoms with Gasteiger partial charge in [-0.1, -0.05) is 30.3 Å². The Labute approximate surface area is 109 Å². The zero-order valence-corrected chi connectivity index (χ0v) is 10.1. The SMILES string of the molecule is O=C(F)[C@H]1C[C@@H](F)CN1C(=O)OCc1ccccc1. The Kier molecular flexibility index (Phi) is 4.09. The highest BCUT2D eigenvalue weighted by atomic mass is 19.1. The predicted molar refractivity (Wildman–Crippen MR) is 62.7 cm³/mol. The first kappa shape index (κ1) is 13.5. The van der Waals surface area contributed by atoms with Crippen molar-refractivity contribution in [1.29, 1.82) is 0 Å². The van der Waals surface area contributed by atoms with Crippen molar-refractivity contribution < 1.29 is 23.1 Å². The topological polar surface area (TPSA) is 46.6 Å². The number of alkyl halides is 1. The third kappa shape index (κ3) is 3.27. The minimum absolute atomic E-state index is 0.000319. The molecule has 0 unspecified atom stereocenters. The fourth-order valence-electron chi connectivity index (χ4n) is 2.00. The Bertz CT molecular complexity index is 466. The van der Waals surface area contributed by atoms with Gasteiger partial charge < -0.3 is 4.74 Å². The van der Waals surface area contributed by atoms with E-state index in [0.717, 1.165) is 10.5 Å². The van der Waals surface area contributed by atoms with E-state index in [1.54, 1.807) is 24.3 Å². The van der Waals surface area contributed by atoms with Gasteiger partial charge in [-0.15, -0.1) is 0 Å². The summed E-state index contributed by atoms with van der Waals surface area (Å²) in [4.78, 5) is 23.2. The van der Waals surface area contributed by atoms with E-state index in [0.29, 0.717) is 0 Å². The average molecular weight is 269 g/mol. The van der Waals surface area contributed by atoms with Gasteiger partial charge in [0.2, 0.25) is 0 Å². The lowest BCUT2D eigenvalue weighted by Crippen LogP contribution is -2.39. The zero-order valence-electron chi connectivity index (χ0n) is 10.1. The van der Waals surface area contributed by atoms with Crippen LogP contribution in [-0.2, 0) is 16.1 Å². The molecule has 2 rings (SSSR count). The van der Waals surface area contributed by atoms with E-state index in [4.69, 9.17) is 4.74 Å². The quantitative estimate of drug-likeness (QED) is 0.790. The number of carbonyl (C=O) groups is 2. The lowest BCUT2D eigenvalue weighted by Gasteiger charge is -2.20. The highest BCUT2D eigenvalue weighted by molar-refractivity contribution is 5.81. The van der Waals surface area contributed by atoms with E-state index in [9.17, 15) is 18.4 Å². The number of nitrogens with zero attached hydrogens (tertiary/aromatic N) is 1. The van der Waals surface area contributed by atoms with Gasteiger partial charge in [0, 0.05) is 6.42 Å². The van der Waals surface area contributed by atoms with E-state index in [1.807, 2.05) is 6.07 Å². The first-order valence-corrected chi connectivity index (χ1v) is 5.88. The summed E-state index contributed by atoms with van der Waals surface area (Å²) < 4.78 is 30.8. The number of carbonyl (C=O) groups excluding carboxylic acids is 2. The van der Waals surface area contributed by atoms with Gasteiger partial charge in [0.05, 0.1) is 6.54 Å². The average Bonchev–Trinajstić information content (AvgIpc) is 2.79. The van der Waals surface area contributed by atoms with Gasteiger partial charge in [-0.05, 0) is 5.56 Å². The molecule has 0 saturated carbocycles. The van der Waals surface area contributed by atoms with Gasteiger partial charge in [-0.2, -0.15) is 4.39 Å². The van der Waals surface area contributed by atoms with Crippen LogP contribution in [0.1, 0.15) is 12.0 Å². The van der Waals surface area contributed by atoms with E-state index in [-0.39, 0.29) is 19.6 Å². The summed E-state index contributed by atoms with van der Waals surface area (Å²) >= 11 is 0. The van der Waals surface area contributed by atoms with Crippen LogP contribution in [0.15, 0.2) is 30.3 Å². The van der Waals surface area contributed by atoms with Crippen LogP contribution in [0.25, 0.3) is 0 Å². The molecular weight excluding hydrogens is 256 g/mol. The molecule has 19 heavy (non-hydrogen) atoms. The second-order valence-corrected chi connectivity index (χ2v) is 4.35. The lowest BCUT2D eigenvalue weighted by molar-refractivity contribution is -0.133. The first-order valence-electron chi connectivity index (χ1n) is 5.88. The van der Waals surface area contributed by atoms with Crippen LogP contribution in [0.4, 0.5) is 13.6 Å². The number of hydrogen-bond donors (Lipinski definition) is 0. The van der Waals surface area contributed by atoms with E-state index in [1.165, 1.54) is 0 Å². The van der Waals surface area contributed by atoms with Gasteiger partial charge >= 0.3 is 12.1 Å². The lowest BCUT2D eigenvalue weighted by atomic mass is 10.2. The molecule has 1 heterocycles. The summed E-state index contributed by atoms with van der Waals surface area (Å²) in [5, 5.41) is 0. The van der Waals surface area contributed by atoms with Crippen LogP contribution in [0, 0.1) is 0 Å². The molecule has 0 aromatic heterocycles. The molecule has 0 spiro atoms. The first-order chi connectivity index (χ1) is 9.08. The summed E-state index contributed by atoms with van der Waals surface area (Å²) in [6.45, 7) is -0.311. The van der Waals surface area contributed by atoms with Gasteiger partial charge in [0.1, 0.15) is 18.8 Å². The number of rotatable bonds is 3. The molecule has 2 atom stereocenters. The van der Waals surface area contributed by atoms with Gasteiger partial charge in [-0.25, -0.2) is 9.18 Å². The Morgan fingerprint density at radius 1 is 1.32 bits per heavy atom. The Balaban J connectivity index is 1.94. The molecule has 1 amide bonds. The van der Waals surface area contributed by atoms with Crippen LogP contribution in [-0.4, -0.2) is 35.8 Å². The van der Waals surface area contributed by atoms with Crippen LogP contribution in [0.3, 0.4) is 0 Å². The molecule has 1 aliphatic heterocycles. The second-order valence-electron chi connectivity index (χ2n) is 4.35. The predicted octanol–water partition coefficient (Wildman–Crippen LogP) is 2.23. The molecule has 0 aliphatic carbocycles. The van der Waals surface area contributed by atoms with Crippen molar-refractivity contribution in [2.24, 2.45) is 0 Å². The number of hydrogen-bond acceptors (Lipinski definition) is 3. The normalized spacial score (nSPS) is 22.3. The Morgan fingerprint density at radius 2 is 2.00 bits per heavy atom. The van der Waals surface area contributed by atoms with Crippen molar-refractivity contribution in [3.63, 3.8) is 0 Å². The third-order valence-corrected chi connectivity index (χ3v) is 2.95. The highest BCUT2D eigenvalue weighted by Gasteiger charge is 2.40. The van der Waals surface area contributed by atoms with E-state index < -0.39 is 24.3 Å². The maximum absolute atomic E-state index is 13.1. The molecule has 0 N–H and O–H groups in total. The fourth-order valence-corrected chi connectivity index (χ4v) is 2.00. The minimum atomic E-state index is -1.71. The molecule has 1 aromatic rings. The third-order valence-electron chi connectivity index (χ3n) is 2.95. The fraction of sp³-hybridized carbons (Fsp3) is 0.385. The maximum atomic E-state index is 13.1. The summed E-state index contributed by atoms with van der Waals surface area (Å²) in [5.74, 6) is 0. The van der Waals surface area contributed by atoms with Gasteiger partial charge in [-0.3, -0.25) is 9.69 Å². The summed E-state index contributed by atoms with van der Waals surface area (Å²) in [5.41, 5.74) is 0.759. The van der Waals surface area contributed by atoms with Gasteiger partial charge in [0.15, 0.2) is 0 Å². The molecule has 1 saturated heterocycles. The molecule has 102 valence electrons. The molecule has 0 bridgehead atoms. The molecule has 0 radical (unpaired) electrons. The van der Waals surface area contributed by atoms with Crippen LogP contribution in [0.2, 0.25) is 0 Å². The largest absolute Gasteiger partial charge is 0.445 e. The van der Waals surface area contributed by atoms with Gasteiger partial charge in [0.25, 0.3) is 0 Å². The Morgan fingerprint density at radius 3 is 2.63 bits per heavy atom. The van der Waals surface area contributed by atoms with Crippen molar-refractivity contribution in [2.75, 3.05) is 6.54 Å². The zero-order chi connectivity index (χ0) is 13.8. The van der Waals surface area contributed by atoms with Crippen molar-refractivity contribution in [3.05, 3.63) is 35.9 Å². The van der Waals surface area contributed by atoms with Crippen LogP contribution in [0.5, 0.6) is 0 Å². The summed E-state index contributed by atoms with van der Waals surface area (Å²) in [7, 11) is 0. The second kappa shape index (κ2) is 5.77. The minimum Gasteiger partial charge on any atom is -0.445 e. The number of halogens is 2. The van der Waals surface area contributed by atoms with Crippen LogP contribution >= 0.6 is 0 Å². The van der Waals surface area contributed by atoms with Crippen molar-refractivity contribution in [2.45, 2.75) is 25.2 Å². The van der Waals surface area contributed by atoms with Crippen molar-refractivity contribution in [3.8, 4) is 0 Å². The monoisotopic (exact) mass is 269 g/mol. The molecule has 6 heteroatoms. The number of amides is 1. The highest BCUT2D eigenvalue weighted by Crippen LogP contribution is 2.22. The molecule has 1 aliphatic rings. The number of benzene rings is 1. The molecule has 4 nitrogen and oxygen atoms in total. The van der Waals surface area contributed by atoms with Crippen LogP contribution < -0.4 is 0 Å².